The van der Waals surface area contributed by atoms with Gasteiger partial charge in [-0.05, 0) is 44.5 Å². The van der Waals surface area contributed by atoms with E-state index in [9.17, 15) is 9.59 Å². The monoisotopic (exact) mass is 359 g/mol. The molecule has 7 heteroatoms. The third-order valence-corrected chi connectivity index (χ3v) is 5.43. The minimum atomic E-state index is -0.559. The number of nitrogens with zero attached hydrogens (tertiary/aromatic N) is 2. The van der Waals surface area contributed by atoms with Gasteiger partial charge in [-0.25, -0.2) is 0 Å². The Morgan fingerprint density at radius 3 is 2.81 bits per heavy atom. The van der Waals surface area contributed by atoms with E-state index >= 15 is 0 Å². The van der Waals surface area contributed by atoms with Gasteiger partial charge in [0.1, 0.15) is 19.1 Å². The van der Waals surface area contributed by atoms with E-state index in [0.717, 1.165) is 31.7 Å². The van der Waals surface area contributed by atoms with Crippen LogP contribution in [0.3, 0.4) is 0 Å². The fourth-order valence-corrected chi connectivity index (χ4v) is 4.07. The van der Waals surface area contributed by atoms with Crippen LogP contribution < -0.4 is 19.7 Å². The van der Waals surface area contributed by atoms with Crippen LogP contribution in [-0.4, -0.2) is 63.2 Å². The molecule has 3 heterocycles. The highest BCUT2D eigenvalue weighted by molar-refractivity contribution is 6.09. The number of anilines is 1. The van der Waals surface area contributed by atoms with Gasteiger partial charge in [-0.1, -0.05) is 0 Å². The summed E-state index contributed by atoms with van der Waals surface area (Å²) in [6, 6.07) is 5.52. The van der Waals surface area contributed by atoms with Crippen molar-refractivity contribution in [1.29, 1.82) is 0 Å². The molecule has 0 saturated carbocycles. The zero-order chi connectivity index (χ0) is 18.1. The zero-order valence-corrected chi connectivity index (χ0v) is 15.1. The van der Waals surface area contributed by atoms with Crippen molar-refractivity contribution in [3.63, 3.8) is 0 Å². The number of likely N-dealkylation sites (tertiary alicyclic amines) is 1. The smallest absolute Gasteiger partial charge is 0.239 e. The van der Waals surface area contributed by atoms with Crippen LogP contribution in [0.1, 0.15) is 12.8 Å². The lowest BCUT2D eigenvalue weighted by molar-refractivity contribution is -0.139. The molecule has 1 N–H and O–H groups in total. The van der Waals surface area contributed by atoms with Crippen LogP contribution in [0.5, 0.6) is 11.5 Å². The van der Waals surface area contributed by atoms with Crippen molar-refractivity contribution >= 4 is 17.5 Å². The van der Waals surface area contributed by atoms with Crippen molar-refractivity contribution in [3.05, 3.63) is 18.2 Å². The molecule has 2 saturated heterocycles. The van der Waals surface area contributed by atoms with Crippen molar-refractivity contribution in [2.75, 3.05) is 51.3 Å². The molecule has 140 valence electrons. The van der Waals surface area contributed by atoms with Gasteiger partial charge >= 0.3 is 0 Å². The molecule has 0 spiro atoms. The third kappa shape index (κ3) is 3.11. The maximum atomic E-state index is 12.9. The highest BCUT2D eigenvalue weighted by Crippen LogP contribution is 2.36. The van der Waals surface area contributed by atoms with Crippen LogP contribution in [0.2, 0.25) is 0 Å². The number of carbonyl (C=O) groups excluding carboxylic acids is 2. The number of benzene rings is 1. The van der Waals surface area contributed by atoms with Crippen molar-refractivity contribution < 1.29 is 19.1 Å². The lowest BCUT2D eigenvalue weighted by Crippen LogP contribution is -2.39. The SMILES string of the molecule is CNCC1CCN(C(=O)C2CCN(c3ccc4c(c3)OCCO4)C2=O)C1. The average Bonchev–Trinajstić information content (AvgIpc) is 3.28. The molecule has 26 heavy (non-hydrogen) atoms. The normalized spacial score (nSPS) is 25.0. The summed E-state index contributed by atoms with van der Waals surface area (Å²) >= 11 is 0. The molecule has 0 aliphatic carbocycles. The predicted octanol–water partition coefficient (Wildman–Crippen LogP) is 0.879. The first-order chi connectivity index (χ1) is 12.7. The average molecular weight is 359 g/mol. The molecule has 4 rings (SSSR count). The van der Waals surface area contributed by atoms with Crippen LogP contribution in [0, 0.1) is 11.8 Å². The molecule has 1 aromatic rings. The molecule has 2 unspecified atom stereocenters. The van der Waals surface area contributed by atoms with Gasteiger partial charge in [0, 0.05) is 31.4 Å². The first kappa shape index (κ1) is 17.1. The summed E-state index contributed by atoms with van der Waals surface area (Å²) in [5, 5.41) is 3.17. The van der Waals surface area contributed by atoms with Gasteiger partial charge in [0.25, 0.3) is 0 Å². The number of hydrogen-bond donors (Lipinski definition) is 1. The van der Waals surface area contributed by atoms with Crippen LogP contribution in [0.15, 0.2) is 18.2 Å². The van der Waals surface area contributed by atoms with Crippen molar-refractivity contribution in [3.8, 4) is 11.5 Å². The molecule has 2 atom stereocenters. The van der Waals surface area contributed by atoms with E-state index in [1.165, 1.54) is 0 Å². The third-order valence-electron chi connectivity index (χ3n) is 5.43. The van der Waals surface area contributed by atoms with Crippen LogP contribution in [-0.2, 0) is 9.59 Å². The Bertz CT molecular complexity index is 708. The molecular weight excluding hydrogens is 334 g/mol. The number of amides is 2. The van der Waals surface area contributed by atoms with E-state index in [4.69, 9.17) is 9.47 Å². The van der Waals surface area contributed by atoms with Gasteiger partial charge in [-0.2, -0.15) is 0 Å². The fourth-order valence-electron chi connectivity index (χ4n) is 4.07. The summed E-state index contributed by atoms with van der Waals surface area (Å²) in [6.45, 7) is 4.01. The van der Waals surface area contributed by atoms with Crippen molar-refractivity contribution in [2.45, 2.75) is 12.8 Å². The number of fused-ring (bicyclic) bond motifs is 1. The second kappa shape index (κ2) is 7.15. The lowest BCUT2D eigenvalue weighted by atomic mass is 10.1. The van der Waals surface area contributed by atoms with Gasteiger partial charge in [-0.15, -0.1) is 0 Å². The quantitative estimate of drug-likeness (QED) is 0.808. The highest BCUT2D eigenvalue weighted by Gasteiger charge is 2.41. The number of carbonyl (C=O) groups is 2. The Morgan fingerprint density at radius 2 is 2.00 bits per heavy atom. The molecule has 1 aromatic carbocycles. The second-order valence-electron chi connectivity index (χ2n) is 7.16. The Labute approximate surface area is 153 Å². The summed E-state index contributed by atoms with van der Waals surface area (Å²) in [6.07, 6.45) is 1.57. The summed E-state index contributed by atoms with van der Waals surface area (Å²) < 4.78 is 11.1. The van der Waals surface area contributed by atoms with Gasteiger partial charge in [0.2, 0.25) is 11.8 Å². The predicted molar refractivity (Wildman–Crippen MR) is 96.5 cm³/mol. The number of hydrogen-bond acceptors (Lipinski definition) is 5. The number of nitrogens with one attached hydrogen (secondary N) is 1. The van der Waals surface area contributed by atoms with Crippen LogP contribution in [0.25, 0.3) is 0 Å². The van der Waals surface area contributed by atoms with E-state index in [1.54, 1.807) is 4.90 Å². The van der Waals surface area contributed by atoms with Gasteiger partial charge < -0.3 is 24.6 Å². The van der Waals surface area contributed by atoms with E-state index < -0.39 is 5.92 Å². The van der Waals surface area contributed by atoms with Gasteiger partial charge in [0.15, 0.2) is 11.5 Å². The highest BCUT2D eigenvalue weighted by atomic mass is 16.6. The minimum absolute atomic E-state index is 0.0198. The molecule has 3 aliphatic heterocycles. The minimum Gasteiger partial charge on any atom is -0.486 e. The van der Waals surface area contributed by atoms with Crippen molar-refractivity contribution in [1.82, 2.24) is 10.2 Å². The fraction of sp³-hybridized carbons (Fsp3) is 0.579. The summed E-state index contributed by atoms with van der Waals surface area (Å²) in [5.74, 6) is 1.15. The molecule has 7 nitrogen and oxygen atoms in total. The first-order valence-electron chi connectivity index (χ1n) is 9.32. The molecule has 0 radical (unpaired) electrons. The Balaban J connectivity index is 1.44. The van der Waals surface area contributed by atoms with Crippen LogP contribution in [0.4, 0.5) is 5.69 Å². The maximum Gasteiger partial charge on any atom is 0.239 e. The second-order valence-corrected chi connectivity index (χ2v) is 7.16. The van der Waals surface area contributed by atoms with Crippen molar-refractivity contribution in [2.24, 2.45) is 11.8 Å². The van der Waals surface area contributed by atoms with E-state index in [2.05, 4.69) is 5.32 Å². The maximum absolute atomic E-state index is 12.9. The Hall–Kier alpha value is -2.28. The molecule has 0 aromatic heterocycles. The van der Waals surface area contributed by atoms with Gasteiger partial charge in [-0.3, -0.25) is 9.59 Å². The Kier molecular flexibility index (Phi) is 4.72. The van der Waals surface area contributed by atoms with E-state index in [-0.39, 0.29) is 11.8 Å². The summed E-state index contributed by atoms with van der Waals surface area (Å²) in [5.41, 5.74) is 0.768. The van der Waals surface area contributed by atoms with E-state index in [0.29, 0.717) is 43.6 Å². The molecule has 2 amide bonds. The first-order valence-corrected chi connectivity index (χ1v) is 9.32. The molecule has 0 bridgehead atoms. The lowest BCUT2D eigenvalue weighted by Gasteiger charge is -2.23. The Morgan fingerprint density at radius 1 is 1.19 bits per heavy atom. The van der Waals surface area contributed by atoms with Gasteiger partial charge in [0.05, 0.1) is 0 Å². The molecular formula is C19H25N3O4. The zero-order valence-electron chi connectivity index (χ0n) is 15.1. The molecule has 3 aliphatic rings. The number of ether oxygens (including phenoxy) is 2. The topological polar surface area (TPSA) is 71.1 Å². The number of rotatable bonds is 4. The van der Waals surface area contributed by atoms with E-state index in [1.807, 2.05) is 30.1 Å². The summed E-state index contributed by atoms with van der Waals surface area (Å²) in [4.78, 5) is 29.3. The largest absolute Gasteiger partial charge is 0.486 e. The standard InChI is InChI=1S/C19H25N3O4/c1-20-11-13-4-6-21(12-13)18(23)15-5-7-22(19(15)24)14-2-3-16-17(10-14)26-9-8-25-16/h2-3,10,13,15,20H,4-9,11-12H2,1H3. The van der Waals surface area contributed by atoms with Crippen LogP contribution >= 0.6 is 0 Å². The summed E-state index contributed by atoms with van der Waals surface area (Å²) in [7, 11) is 1.93. The molecule has 2 fully saturated rings.